The SMILES string of the molecule is C=CC(=O)Nc1cc(OC)cc(-c2cnc3c(c2)c(-c2cccc(C#N)c2)cn3COP(=O)(O)O)c1. The third-order valence-corrected chi connectivity index (χ3v) is 5.76. The van der Waals surface area contributed by atoms with E-state index >= 15 is 0 Å². The van der Waals surface area contributed by atoms with Crippen molar-refractivity contribution in [2.24, 2.45) is 0 Å². The Morgan fingerprint density at radius 2 is 2.03 bits per heavy atom. The van der Waals surface area contributed by atoms with Crippen LogP contribution in [0.5, 0.6) is 5.75 Å². The van der Waals surface area contributed by atoms with Crippen molar-refractivity contribution in [2.75, 3.05) is 12.4 Å². The summed E-state index contributed by atoms with van der Waals surface area (Å²) in [5.41, 5.74) is 4.20. The molecule has 0 atom stereocenters. The van der Waals surface area contributed by atoms with Crippen LogP contribution in [0, 0.1) is 11.3 Å². The first kappa shape index (κ1) is 24.9. The second-order valence-corrected chi connectivity index (χ2v) is 8.93. The topological polar surface area (TPSA) is 147 Å². The van der Waals surface area contributed by atoms with Gasteiger partial charge in [0, 0.05) is 40.7 Å². The van der Waals surface area contributed by atoms with Gasteiger partial charge in [-0.25, -0.2) is 9.55 Å². The van der Waals surface area contributed by atoms with Crippen molar-refractivity contribution in [3.05, 3.63) is 79.1 Å². The Balaban J connectivity index is 1.88. The van der Waals surface area contributed by atoms with Crippen LogP contribution >= 0.6 is 7.82 Å². The number of carbonyl (C=O) groups excluding carboxylic acids is 1. The molecular weight excluding hydrogens is 483 g/mol. The van der Waals surface area contributed by atoms with E-state index in [1.807, 2.05) is 12.1 Å². The fraction of sp³-hybridized carbons (Fsp3) is 0.0800. The summed E-state index contributed by atoms with van der Waals surface area (Å²) in [4.78, 5) is 34.7. The van der Waals surface area contributed by atoms with Crippen LogP contribution in [0.25, 0.3) is 33.3 Å². The third-order valence-electron chi connectivity index (χ3n) is 5.31. The lowest BCUT2D eigenvalue weighted by Crippen LogP contribution is -2.07. The van der Waals surface area contributed by atoms with E-state index in [-0.39, 0.29) is 5.91 Å². The molecule has 2 heterocycles. The van der Waals surface area contributed by atoms with Gasteiger partial charge < -0.3 is 24.4 Å². The van der Waals surface area contributed by atoms with Gasteiger partial charge >= 0.3 is 7.82 Å². The summed E-state index contributed by atoms with van der Waals surface area (Å²) < 4.78 is 22.8. The van der Waals surface area contributed by atoms with E-state index in [2.05, 4.69) is 22.9 Å². The van der Waals surface area contributed by atoms with Gasteiger partial charge in [0.15, 0.2) is 0 Å². The van der Waals surface area contributed by atoms with Gasteiger partial charge in [0.25, 0.3) is 0 Å². The molecule has 2 aromatic heterocycles. The number of nitriles is 1. The lowest BCUT2D eigenvalue weighted by molar-refractivity contribution is -0.111. The van der Waals surface area contributed by atoms with Crippen LogP contribution in [-0.2, 0) is 20.6 Å². The maximum absolute atomic E-state index is 11.8. The molecule has 0 saturated heterocycles. The number of hydrogen-bond donors (Lipinski definition) is 3. The molecule has 10 nitrogen and oxygen atoms in total. The summed E-state index contributed by atoms with van der Waals surface area (Å²) in [5.74, 6) is 0.145. The molecule has 4 aromatic rings. The number of phosphoric acid groups is 1. The zero-order valence-electron chi connectivity index (χ0n) is 19.1. The molecule has 0 radical (unpaired) electrons. The Morgan fingerprint density at radius 1 is 1.22 bits per heavy atom. The van der Waals surface area contributed by atoms with E-state index in [1.165, 1.54) is 11.7 Å². The molecule has 3 N–H and O–H groups in total. The molecule has 0 fully saturated rings. The maximum Gasteiger partial charge on any atom is 0.471 e. The molecule has 0 aliphatic rings. The van der Waals surface area contributed by atoms with Crippen LogP contribution in [0.15, 0.2) is 73.6 Å². The van der Waals surface area contributed by atoms with E-state index in [1.54, 1.807) is 48.8 Å². The Hall–Kier alpha value is -4.26. The molecule has 0 aliphatic carbocycles. The Morgan fingerprint density at radius 3 is 2.72 bits per heavy atom. The molecule has 0 bridgehead atoms. The highest BCUT2D eigenvalue weighted by Gasteiger charge is 2.18. The minimum absolute atomic E-state index is 0.371. The molecule has 0 spiro atoms. The smallest absolute Gasteiger partial charge is 0.471 e. The molecule has 2 aromatic carbocycles. The number of hydrogen-bond acceptors (Lipinski definition) is 6. The Kier molecular flexibility index (Phi) is 7.01. The number of benzene rings is 2. The van der Waals surface area contributed by atoms with Gasteiger partial charge in [-0.2, -0.15) is 5.26 Å². The number of nitrogens with one attached hydrogen (secondary N) is 1. The predicted molar refractivity (Wildman–Crippen MR) is 134 cm³/mol. The average molecular weight is 504 g/mol. The summed E-state index contributed by atoms with van der Waals surface area (Å²) in [5, 5.41) is 12.7. The highest BCUT2D eigenvalue weighted by molar-refractivity contribution is 7.46. The van der Waals surface area contributed by atoms with Gasteiger partial charge in [0.05, 0.1) is 18.7 Å². The number of aromatic nitrogens is 2. The number of amides is 1. The molecule has 182 valence electrons. The van der Waals surface area contributed by atoms with Crippen molar-refractivity contribution in [1.29, 1.82) is 5.26 Å². The number of rotatable bonds is 8. The monoisotopic (exact) mass is 504 g/mol. The first-order valence-corrected chi connectivity index (χ1v) is 12.1. The standard InChI is InChI=1S/C25H21N4O6P/c1-3-24(30)28-20-8-18(9-21(11-20)34-2)19-10-22-23(17-6-4-5-16(7-17)12-26)14-29(25(22)27-13-19)15-35-36(31,32)33/h3-11,13-14H,1,15H2,2H3,(H,28,30)(H2,31,32,33). The van der Waals surface area contributed by atoms with Crippen molar-refractivity contribution >= 4 is 30.5 Å². The quantitative estimate of drug-likeness (QED) is 0.236. The van der Waals surface area contributed by atoms with Crippen LogP contribution in [0.2, 0.25) is 0 Å². The van der Waals surface area contributed by atoms with Crippen LogP contribution < -0.4 is 10.1 Å². The van der Waals surface area contributed by atoms with Gasteiger partial charge in [-0.3, -0.25) is 9.32 Å². The van der Waals surface area contributed by atoms with Crippen molar-refractivity contribution in [3.8, 4) is 34.1 Å². The normalized spacial score (nSPS) is 11.2. The molecule has 36 heavy (non-hydrogen) atoms. The van der Waals surface area contributed by atoms with Gasteiger partial charge in [-0.05, 0) is 47.5 Å². The Labute approximate surface area is 206 Å². The van der Waals surface area contributed by atoms with E-state index in [0.29, 0.717) is 44.7 Å². The zero-order chi connectivity index (χ0) is 25.9. The number of nitrogens with zero attached hydrogens (tertiary/aromatic N) is 3. The van der Waals surface area contributed by atoms with Crippen LogP contribution in [0.4, 0.5) is 5.69 Å². The molecule has 11 heteroatoms. The van der Waals surface area contributed by atoms with Gasteiger partial charge in [0.2, 0.25) is 5.91 Å². The van der Waals surface area contributed by atoms with Crippen LogP contribution in [-0.4, -0.2) is 32.4 Å². The molecule has 0 unspecified atom stereocenters. The molecule has 0 saturated carbocycles. The summed E-state index contributed by atoms with van der Waals surface area (Å²) in [6.45, 7) is 3.03. The van der Waals surface area contributed by atoms with Crippen LogP contribution in [0.3, 0.4) is 0 Å². The number of methoxy groups -OCH3 is 1. The lowest BCUT2D eigenvalue weighted by Gasteiger charge is -2.11. The molecule has 0 aliphatic heterocycles. The number of pyridine rings is 1. The summed E-state index contributed by atoms with van der Waals surface area (Å²) in [7, 11) is -3.20. The van der Waals surface area contributed by atoms with Gasteiger partial charge in [0.1, 0.15) is 18.1 Å². The number of phosphoric ester groups is 1. The molecular formula is C25H21N4O6P. The average Bonchev–Trinajstić information content (AvgIpc) is 3.24. The summed E-state index contributed by atoms with van der Waals surface area (Å²) in [6, 6.07) is 16.2. The van der Waals surface area contributed by atoms with E-state index in [9.17, 15) is 14.6 Å². The van der Waals surface area contributed by atoms with Crippen LogP contribution in [0.1, 0.15) is 5.56 Å². The van der Waals surface area contributed by atoms with E-state index in [0.717, 1.165) is 11.6 Å². The van der Waals surface area contributed by atoms with Crippen molar-refractivity contribution in [1.82, 2.24) is 9.55 Å². The number of carbonyl (C=O) groups is 1. The molecule has 4 rings (SSSR count). The number of anilines is 1. The lowest BCUT2D eigenvalue weighted by atomic mass is 10.0. The highest BCUT2D eigenvalue weighted by atomic mass is 31.2. The van der Waals surface area contributed by atoms with E-state index in [4.69, 9.17) is 19.0 Å². The minimum atomic E-state index is -4.72. The van der Waals surface area contributed by atoms with Gasteiger partial charge in [-0.1, -0.05) is 18.7 Å². The van der Waals surface area contributed by atoms with Crippen molar-refractivity contribution in [2.45, 2.75) is 6.73 Å². The largest absolute Gasteiger partial charge is 0.497 e. The van der Waals surface area contributed by atoms with Gasteiger partial charge in [-0.15, -0.1) is 0 Å². The fourth-order valence-electron chi connectivity index (χ4n) is 3.70. The second-order valence-electron chi connectivity index (χ2n) is 7.69. The summed E-state index contributed by atoms with van der Waals surface area (Å²) >= 11 is 0. The zero-order valence-corrected chi connectivity index (χ0v) is 20.0. The third kappa shape index (κ3) is 5.51. The second kappa shape index (κ2) is 10.2. The fourth-order valence-corrected chi connectivity index (χ4v) is 3.98. The first-order chi connectivity index (χ1) is 17.2. The number of ether oxygens (including phenoxy) is 1. The van der Waals surface area contributed by atoms with E-state index < -0.39 is 14.6 Å². The first-order valence-electron chi connectivity index (χ1n) is 10.5. The number of fused-ring (bicyclic) bond motifs is 1. The predicted octanol–water partition coefficient (Wildman–Crippen LogP) is 4.44. The van der Waals surface area contributed by atoms with Crippen molar-refractivity contribution in [3.63, 3.8) is 0 Å². The van der Waals surface area contributed by atoms with Crippen molar-refractivity contribution < 1.29 is 28.4 Å². The summed E-state index contributed by atoms with van der Waals surface area (Å²) in [6.07, 6.45) is 4.42. The highest BCUT2D eigenvalue weighted by Crippen LogP contribution is 2.39. The maximum atomic E-state index is 11.8. The Bertz CT molecular complexity index is 1570. The molecule has 1 amide bonds. The minimum Gasteiger partial charge on any atom is -0.497 e.